The van der Waals surface area contributed by atoms with Crippen LogP contribution >= 0.6 is 0 Å². The monoisotopic (exact) mass is 296 g/mol. The van der Waals surface area contributed by atoms with E-state index in [0.29, 0.717) is 0 Å². The molecule has 104 valence electrons. The van der Waals surface area contributed by atoms with E-state index in [4.69, 9.17) is 24.5 Å². The Labute approximate surface area is 157 Å². The molecule has 0 bridgehead atoms. The number of hydrogen-bond acceptors (Lipinski definition) is 5. The first-order chi connectivity index (χ1) is 8.32. The van der Waals surface area contributed by atoms with Crippen LogP contribution in [-0.2, 0) is 9.31 Å². The summed E-state index contributed by atoms with van der Waals surface area (Å²) in [5, 5.41) is 26.3. The molecule has 0 aliphatic heterocycles. The fourth-order valence-electron chi connectivity index (χ4n) is 0.962. The minimum atomic E-state index is -1.08. The van der Waals surface area contributed by atoms with Gasteiger partial charge in [0, 0.05) is 12.2 Å². The zero-order valence-corrected chi connectivity index (χ0v) is 11.2. The summed E-state index contributed by atoms with van der Waals surface area (Å²) in [5.41, 5.74) is 0. The second-order valence-electron chi connectivity index (χ2n) is 4.17. The average Bonchev–Trinajstić information content (AvgIpc) is 2.21. The SMILES string of the molecule is CC(C)OB(O)OC(C)C.Oc1ccccc1O.[KH]. The molecule has 1 aromatic rings. The van der Waals surface area contributed by atoms with Gasteiger partial charge in [-0.2, -0.15) is 0 Å². The van der Waals surface area contributed by atoms with E-state index in [1.165, 1.54) is 12.1 Å². The summed E-state index contributed by atoms with van der Waals surface area (Å²) >= 11 is 0. The van der Waals surface area contributed by atoms with Gasteiger partial charge in [-0.05, 0) is 39.8 Å². The van der Waals surface area contributed by atoms with E-state index in [1.807, 2.05) is 27.7 Å². The Balaban J connectivity index is 0. The first kappa shape index (κ1) is 21.7. The van der Waals surface area contributed by atoms with Gasteiger partial charge in [-0.25, -0.2) is 0 Å². The molecule has 0 atom stereocenters. The molecule has 5 nitrogen and oxygen atoms in total. The van der Waals surface area contributed by atoms with Gasteiger partial charge in [0.1, 0.15) is 0 Å². The Morgan fingerprint density at radius 2 is 1.21 bits per heavy atom. The first-order valence-corrected chi connectivity index (χ1v) is 5.78. The Morgan fingerprint density at radius 1 is 0.895 bits per heavy atom. The van der Waals surface area contributed by atoms with E-state index in [1.54, 1.807) is 12.1 Å². The molecule has 0 radical (unpaired) electrons. The van der Waals surface area contributed by atoms with Crippen molar-refractivity contribution in [1.82, 2.24) is 0 Å². The van der Waals surface area contributed by atoms with Crippen molar-refractivity contribution in [1.29, 1.82) is 0 Å². The van der Waals surface area contributed by atoms with Gasteiger partial charge < -0.3 is 24.5 Å². The van der Waals surface area contributed by atoms with Crippen LogP contribution < -0.4 is 0 Å². The van der Waals surface area contributed by atoms with Crippen molar-refractivity contribution in [3.63, 3.8) is 0 Å². The van der Waals surface area contributed by atoms with E-state index in [0.717, 1.165) is 0 Å². The molecule has 3 N–H and O–H groups in total. The Hall–Kier alpha value is 0.401. The van der Waals surface area contributed by atoms with Crippen molar-refractivity contribution in [2.24, 2.45) is 0 Å². The molecule has 7 heteroatoms. The third kappa shape index (κ3) is 13.2. The number of hydrogen-bond donors (Lipinski definition) is 3. The van der Waals surface area contributed by atoms with Crippen LogP contribution in [0.1, 0.15) is 27.7 Å². The summed E-state index contributed by atoms with van der Waals surface area (Å²) in [6.45, 7) is 7.36. The Morgan fingerprint density at radius 3 is 1.42 bits per heavy atom. The first-order valence-electron chi connectivity index (χ1n) is 5.78. The second-order valence-corrected chi connectivity index (χ2v) is 4.17. The van der Waals surface area contributed by atoms with Crippen LogP contribution in [0.3, 0.4) is 0 Å². The quantitative estimate of drug-likeness (QED) is 0.576. The molecule has 1 rings (SSSR count). The minimum absolute atomic E-state index is 0. The zero-order valence-electron chi connectivity index (χ0n) is 11.2. The zero-order chi connectivity index (χ0) is 14.1. The molecule has 0 aliphatic carbocycles. The molecule has 0 heterocycles. The number of benzene rings is 1. The Kier molecular flexibility index (Phi) is 13.9. The predicted molar refractivity (Wildman–Crippen MR) is 77.3 cm³/mol. The van der Waals surface area contributed by atoms with Crippen LogP contribution in [0.5, 0.6) is 11.5 Å². The van der Waals surface area contributed by atoms with Crippen LogP contribution in [0.2, 0.25) is 0 Å². The molecule has 19 heavy (non-hydrogen) atoms. The molecule has 0 aliphatic rings. The number of aromatic hydroxyl groups is 2. The molecule has 0 saturated carbocycles. The maximum absolute atomic E-state index is 8.95. The van der Waals surface area contributed by atoms with E-state index in [2.05, 4.69) is 0 Å². The van der Waals surface area contributed by atoms with E-state index >= 15 is 0 Å². The fraction of sp³-hybridized carbons (Fsp3) is 0.500. The van der Waals surface area contributed by atoms with Crippen LogP contribution in [0.25, 0.3) is 0 Å². The van der Waals surface area contributed by atoms with Gasteiger partial charge in [0.05, 0.1) is 0 Å². The summed E-state index contributed by atoms with van der Waals surface area (Å²) < 4.78 is 9.79. The van der Waals surface area contributed by atoms with Crippen molar-refractivity contribution in [3.05, 3.63) is 24.3 Å². The predicted octanol–water partition coefficient (Wildman–Crippen LogP) is 1.26. The standard InChI is InChI=1S/C6H15BO3.C6H6O2.K.H/c1-5(2)9-7(8)10-6(3)4;7-5-3-1-2-4-6(5)8;;/h5-6,8H,1-4H3;1-4,7-8H;;. The van der Waals surface area contributed by atoms with Gasteiger partial charge in [0.15, 0.2) is 11.5 Å². The Bertz CT molecular complexity index is 305. The maximum atomic E-state index is 8.95. The summed E-state index contributed by atoms with van der Waals surface area (Å²) in [5.74, 6) is -0.153. The molecular weight excluding hydrogens is 274 g/mol. The van der Waals surface area contributed by atoms with E-state index in [9.17, 15) is 0 Å². The second kappa shape index (κ2) is 12.2. The van der Waals surface area contributed by atoms with Crippen molar-refractivity contribution in [3.8, 4) is 11.5 Å². The summed E-state index contributed by atoms with van der Waals surface area (Å²) in [6.07, 6.45) is -0.0116. The normalized spacial score (nSPS) is 9.63. The number of phenols is 2. The molecule has 0 unspecified atom stereocenters. The molecule has 0 spiro atoms. The molecule has 0 fully saturated rings. The third-order valence-corrected chi connectivity index (χ3v) is 1.66. The topological polar surface area (TPSA) is 79.2 Å². The number of rotatable bonds is 4. The van der Waals surface area contributed by atoms with Crippen molar-refractivity contribution in [2.45, 2.75) is 39.9 Å². The molecule has 0 aromatic heterocycles. The number of para-hydroxylation sites is 2. The molecular formula is C12H22BKO5. The molecule has 0 amide bonds. The summed E-state index contributed by atoms with van der Waals surface area (Å²) in [6, 6.07) is 6.15. The fourth-order valence-corrected chi connectivity index (χ4v) is 0.962. The summed E-state index contributed by atoms with van der Waals surface area (Å²) in [7, 11) is -1.08. The van der Waals surface area contributed by atoms with E-state index in [-0.39, 0.29) is 75.1 Å². The van der Waals surface area contributed by atoms with Crippen LogP contribution in [0.4, 0.5) is 0 Å². The van der Waals surface area contributed by atoms with Crippen LogP contribution in [-0.4, -0.2) is 86.2 Å². The average molecular weight is 296 g/mol. The molecule has 1 aromatic carbocycles. The van der Waals surface area contributed by atoms with Gasteiger partial charge in [0.2, 0.25) is 0 Å². The number of phenolic OH excluding ortho intramolecular Hbond substituents is 2. The van der Waals surface area contributed by atoms with Gasteiger partial charge in [0.25, 0.3) is 0 Å². The van der Waals surface area contributed by atoms with Crippen molar-refractivity contribution in [2.75, 3.05) is 0 Å². The van der Waals surface area contributed by atoms with Crippen molar-refractivity contribution >= 4 is 58.7 Å². The van der Waals surface area contributed by atoms with Gasteiger partial charge in [-0.3, -0.25) is 0 Å². The van der Waals surface area contributed by atoms with Gasteiger partial charge >= 0.3 is 58.7 Å². The third-order valence-electron chi connectivity index (χ3n) is 1.66. The van der Waals surface area contributed by atoms with Crippen LogP contribution in [0, 0.1) is 0 Å². The summed E-state index contributed by atoms with van der Waals surface area (Å²) in [4.78, 5) is 0. The molecule has 0 saturated heterocycles. The van der Waals surface area contributed by atoms with Gasteiger partial charge in [-0.1, -0.05) is 12.1 Å². The van der Waals surface area contributed by atoms with Gasteiger partial charge in [-0.15, -0.1) is 0 Å². The van der Waals surface area contributed by atoms with E-state index < -0.39 is 7.32 Å². The van der Waals surface area contributed by atoms with Crippen molar-refractivity contribution < 1.29 is 24.5 Å². The van der Waals surface area contributed by atoms with Crippen LogP contribution in [0.15, 0.2) is 24.3 Å².